The minimum absolute atomic E-state index is 0. The largest absolute Gasteiger partial charge is 0.343 e. The highest BCUT2D eigenvalue weighted by molar-refractivity contribution is 14.0. The van der Waals surface area contributed by atoms with Gasteiger partial charge in [0.2, 0.25) is 0 Å². The van der Waals surface area contributed by atoms with Crippen molar-refractivity contribution in [1.29, 1.82) is 0 Å². The van der Waals surface area contributed by atoms with E-state index in [9.17, 15) is 0 Å². The summed E-state index contributed by atoms with van der Waals surface area (Å²) in [5.74, 6) is 0. The van der Waals surface area contributed by atoms with E-state index in [2.05, 4.69) is 169 Å². The molecule has 0 aliphatic carbocycles. The average molecular weight is 727 g/mol. The Morgan fingerprint density at radius 1 is 0.511 bits per heavy atom. The van der Waals surface area contributed by atoms with Crippen molar-refractivity contribution in [1.82, 2.24) is 9.13 Å². The first kappa shape index (κ1) is 32.2. The van der Waals surface area contributed by atoms with E-state index in [1.54, 1.807) is 0 Å². The number of aromatic nitrogens is 2. The molecular formula is C42H39IN4. The van der Waals surface area contributed by atoms with Gasteiger partial charge in [-0.2, -0.15) is 0 Å². The molecule has 0 saturated heterocycles. The molecule has 2 aliphatic rings. The van der Waals surface area contributed by atoms with Crippen LogP contribution < -0.4 is 0 Å². The average Bonchev–Trinajstić information content (AvgIpc) is 3.94. The Hall–Kier alpha value is -4.75. The Kier molecular flexibility index (Phi) is 10.1. The third-order valence-corrected chi connectivity index (χ3v) is 8.95. The summed E-state index contributed by atoms with van der Waals surface area (Å²) in [5.41, 5.74) is 12.1. The molecular weight excluding hydrogens is 687 g/mol. The monoisotopic (exact) mass is 726 g/mol. The summed E-state index contributed by atoms with van der Waals surface area (Å²) < 4.78 is 4.48. The van der Waals surface area contributed by atoms with E-state index in [0.717, 1.165) is 24.2 Å². The zero-order chi connectivity index (χ0) is 31.3. The zero-order valence-corrected chi connectivity index (χ0v) is 29.1. The highest BCUT2D eigenvalue weighted by atomic mass is 127. The van der Waals surface area contributed by atoms with E-state index in [-0.39, 0.29) is 30.0 Å². The maximum Gasteiger partial charge on any atom is 0.0942 e. The van der Waals surface area contributed by atoms with Gasteiger partial charge in [-0.1, -0.05) is 127 Å². The van der Waals surface area contributed by atoms with Crippen molar-refractivity contribution in [3.63, 3.8) is 0 Å². The van der Waals surface area contributed by atoms with Crippen molar-refractivity contribution in [2.24, 2.45) is 24.1 Å². The number of hydrogen-bond acceptors (Lipinski definition) is 2. The predicted octanol–water partition coefficient (Wildman–Crippen LogP) is 10.4. The second-order valence-electron chi connectivity index (χ2n) is 11.8. The molecule has 0 radical (unpaired) electrons. The highest BCUT2D eigenvalue weighted by Gasteiger charge is 2.22. The number of rotatable bonds is 6. The maximum absolute atomic E-state index is 4.99. The summed E-state index contributed by atoms with van der Waals surface area (Å²) in [4.78, 5) is 9.87. The molecule has 2 aromatic heterocycles. The van der Waals surface area contributed by atoms with Gasteiger partial charge in [0.1, 0.15) is 0 Å². The quantitative estimate of drug-likeness (QED) is 0.153. The van der Waals surface area contributed by atoms with Crippen LogP contribution in [0.5, 0.6) is 0 Å². The Morgan fingerprint density at radius 2 is 0.979 bits per heavy atom. The highest BCUT2D eigenvalue weighted by Crippen LogP contribution is 2.32. The number of nitrogens with zero attached hydrogens (tertiary/aromatic N) is 4. The Labute approximate surface area is 294 Å². The topological polar surface area (TPSA) is 34.6 Å². The van der Waals surface area contributed by atoms with Crippen molar-refractivity contribution in [3.8, 4) is 22.5 Å². The van der Waals surface area contributed by atoms with E-state index < -0.39 is 0 Å². The lowest BCUT2D eigenvalue weighted by molar-refractivity contribution is 0.723. The van der Waals surface area contributed by atoms with Gasteiger partial charge in [0.05, 0.1) is 34.9 Å². The molecule has 4 nitrogen and oxygen atoms in total. The number of allylic oxidation sites excluding steroid dienone is 1. The molecule has 0 saturated carbocycles. The Morgan fingerprint density at radius 3 is 1.55 bits per heavy atom. The lowest BCUT2D eigenvalue weighted by Gasteiger charge is -2.08. The summed E-state index contributed by atoms with van der Waals surface area (Å²) in [6.45, 7) is 0. The molecule has 2 aliphatic heterocycles. The SMILES string of the molecule is Cn1c(C2=NC(c3ccccc3)C=C2)ccc1-c1ccccc1.Cn1c(C2=NC(c3ccccc3)CC2)ccc1-c1ccccc1.I. The normalized spacial score (nSPS) is 16.6. The molecule has 0 amide bonds. The van der Waals surface area contributed by atoms with Crippen molar-refractivity contribution in [2.75, 3.05) is 0 Å². The third kappa shape index (κ3) is 7.00. The smallest absolute Gasteiger partial charge is 0.0942 e. The summed E-state index contributed by atoms with van der Waals surface area (Å²) >= 11 is 0. The van der Waals surface area contributed by atoms with Crippen molar-refractivity contribution >= 4 is 35.4 Å². The number of aliphatic imine (C=N–C) groups is 2. The molecule has 4 heterocycles. The standard InChI is InChI=1S/C21H20N2.C21H18N2.HI/c2*1-23-20(17-10-6-3-7-11-17)14-15-21(23)19-13-12-18(22-19)16-8-4-2-5-9-16;/h2-11,14-15,18H,12-13H2,1H3;2-15,18H,1H3;1H. The van der Waals surface area contributed by atoms with Gasteiger partial charge in [-0.05, 0) is 65.4 Å². The van der Waals surface area contributed by atoms with Gasteiger partial charge >= 0.3 is 0 Å². The molecule has 0 N–H and O–H groups in total. The van der Waals surface area contributed by atoms with Crippen LogP contribution in [-0.4, -0.2) is 20.6 Å². The lowest BCUT2D eigenvalue weighted by atomic mass is 10.0. The van der Waals surface area contributed by atoms with Gasteiger partial charge in [-0.15, -0.1) is 24.0 Å². The Balaban J connectivity index is 0.000000161. The van der Waals surface area contributed by atoms with E-state index in [4.69, 9.17) is 9.98 Å². The number of benzene rings is 4. The van der Waals surface area contributed by atoms with Crippen molar-refractivity contribution in [2.45, 2.75) is 24.9 Å². The van der Waals surface area contributed by atoms with E-state index in [0.29, 0.717) is 6.04 Å². The van der Waals surface area contributed by atoms with E-state index >= 15 is 0 Å². The molecule has 5 heteroatoms. The second kappa shape index (κ2) is 14.8. The minimum Gasteiger partial charge on any atom is -0.343 e. The first-order valence-corrected chi connectivity index (χ1v) is 16.0. The molecule has 2 unspecified atom stereocenters. The predicted molar refractivity (Wildman–Crippen MR) is 207 cm³/mol. The summed E-state index contributed by atoms with van der Waals surface area (Å²) in [6, 6.07) is 51.2. The summed E-state index contributed by atoms with van der Waals surface area (Å²) in [7, 11) is 4.24. The van der Waals surface area contributed by atoms with Crippen LogP contribution in [0.25, 0.3) is 22.5 Å². The van der Waals surface area contributed by atoms with Crippen LogP contribution in [0.3, 0.4) is 0 Å². The van der Waals surface area contributed by atoms with Gasteiger partial charge in [-0.25, -0.2) is 0 Å². The molecule has 8 rings (SSSR count). The van der Waals surface area contributed by atoms with Crippen LogP contribution in [0, 0.1) is 0 Å². The Bertz CT molecular complexity index is 2000. The van der Waals surface area contributed by atoms with Gasteiger partial charge < -0.3 is 9.13 Å². The van der Waals surface area contributed by atoms with Crippen LogP contribution in [0.2, 0.25) is 0 Å². The third-order valence-electron chi connectivity index (χ3n) is 8.95. The number of halogens is 1. The summed E-state index contributed by atoms with van der Waals surface area (Å²) in [6.07, 6.45) is 6.44. The lowest BCUT2D eigenvalue weighted by Crippen LogP contribution is -2.05. The van der Waals surface area contributed by atoms with Crippen LogP contribution in [0.4, 0.5) is 0 Å². The molecule has 0 bridgehead atoms. The first-order valence-electron chi connectivity index (χ1n) is 16.0. The van der Waals surface area contributed by atoms with E-state index in [1.165, 1.54) is 45.0 Å². The molecule has 6 aromatic rings. The van der Waals surface area contributed by atoms with Crippen molar-refractivity contribution < 1.29 is 0 Å². The molecule has 234 valence electrons. The van der Waals surface area contributed by atoms with Gasteiger partial charge in [0.15, 0.2) is 0 Å². The fourth-order valence-corrected chi connectivity index (χ4v) is 6.47. The van der Waals surface area contributed by atoms with Crippen LogP contribution >= 0.6 is 24.0 Å². The minimum atomic E-state index is 0. The van der Waals surface area contributed by atoms with E-state index in [1.807, 2.05) is 12.1 Å². The summed E-state index contributed by atoms with van der Waals surface area (Å²) in [5, 5.41) is 0. The van der Waals surface area contributed by atoms with Gasteiger partial charge in [-0.3, -0.25) is 9.98 Å². The molecule has 4 aromatic carbocycles. The van der Waals surface area contributed by atoms with Gasteiger partial charge in [0.25, 0.3) is 0 Å². The number of hydrogen-bond donors (Lipinski definition) is 0. The fourth-order valence-electron chi connectivity index (χ4n) is 6.47. The zero-order valence-electron chi connectivity index (χ0n) is 26.8. The maximum atomic E-state index is 4.99. The van der Waals surface area contributed by atoms with Crippen LogP contribution in [0.1, 0.15) is 47.4 Å². The van der Waals surface area contributed by atoms with Crippen molar-refractivity contribution in [3.05, 3.63) is 180 Å². The van der Waals surface area contributed by atoms with Crippen LogP contribution in [-0.2, 0) is 14.1 Å². The molecule has 0 fully saturated rings. The first-order chi connectivity index (χ1) is 22.7. The molecule has 0 spiro atoms. The molecule has 2 atom stereocenters. The van der Waals surface area contributed by atoms with Crippen LogP contribution in [0.15, 0.2) is 168 Å². The second-order valence-corrected chi connectivity index (χ2v) is 11.8. The van der Waals surface area contributed by atoms with Gasteiger partial charge in [0, 0.05) is 25.5 Å². The fraction of sp³-hybridized carbons (Fsp3) is 0.143. The molecule has 47 heavy (non-hydrogen) atoms.